The normalized spacial score (nSPS) is 14.5. The highest BCUT2D eigenvalue weighted by atomic mass is 16.2. The highest BCUT2D eigenvalue weighted by molar-refractivity contribution is 5.85. The van der Waals surface area contributed by atoms with Gasteiger partial charge in [0.2, 0.25) is 5.91 Å². The summed E-state index contributed by atoms with van der Waals surface area (Å²) in [6.07, 6.45) is 5.15. The van der Waals surface area contributed by atoms with E-state index >= 15 is 0 Å². The SMILES string of the molecule is CCC(C)(N)C(=O)NCCc1cnn(C)c1. The zero-order valence-corrected chi connectivity index (χ0v) is 10.2. The van der Waals surface area contributed by atoms with Crippen molar-refractivity contribution in [3.05, 3.63) is 18.0 Å². The number of carbonyl (C=O) groups excluding carboxylic acids is 1. The van der Waals surface area contributed by atoms with Gasteiger partial charge in [0.25, 0.3) is 0 Å². The fraction of sp³-hybridized carbons (Fsp3) is 0.636. The molecule has 16 heavy (non-hydrogen) atoms. The van der Waals surface area contributed by atoms with Gasteiger partial charge in [-0.2, -0.15) is 5.10 Å². The molecule has 0 bridgehead atoms. The van der Waals surface area contributed by atoms with E-state index in [0.29, 0.717) is 13.0 Å². The topological polar surface area (TPSA) is 72.9 Å². The molecule has 1 unspecified atom stereocenters. The molecular formula is C11H20N4O. The summed E-state index contributed by atoms with van der Waals surface area (Å²) in [6.45, 7) is 4.24. The van der Waals surface area contributed by atoms with Gasteiger partial charge in [-0.25, -0.2) is 0 Å². The average Bonchev–Trinajstić information content (AvgIpc) is 2.64. The fourth-order valence-corrected chi connectivity index (χ4v) is 1.28. The number of amides is 1. The van der Waals surface area contributed by atoms with Crippen molar-refractivity contribution in [1.29, 1.82) is 0 Å². The summed E-state index contributed by atoms with van der Waals surface area (Å²) in [6, 6.07) is 0. The molecule has 5 nitrogen and oxygen atoms in total. The van der Waals surface area contributed by atoms with E-state index in [-0.39, 0.29) is 5.91 Å². The van der Waals surface area contributed by atoms with Crippen LogP contribution in [0, 0.1) is 0 Å². The predicted molar refractivity (Wildman–Crippen MR) is 62.8 cm³/mol. The molecule has 0 saturated carbocycles. The highest BCUT2D eigenvalue weighted by Crippen LogP contribution is 2.04. The molecule has 1 heterocycles. The Morgan fingerprint density at radius 3 is 2.88 bits per heavy atom. The third-order valence-electron chi connectivity index (χ3n) is 2.71. The Balaban J connectivity index is 2.33. The maximum absolute atomic E-state index is 11.6. The number of aryl methyl sites for hydroxylation is 1. The van der Waals surface area contributed by atoms with Crippen LogP contribution in [0.3, 0.4) is 0 Å². The number of nitrogens with one attached hydrogen (secondary N) is 1. The van der Waals surface area contributed by atoms with Gasteiger partial charge in [-0.3, -0.25) is 9.48 Å². The Labute approximate surface area is 96.0 Å². The molecule has 0 saturated heterocycles. The third kappa shape index (κ3) is 3.34. The number of nitrogens with two attached hydrogens (primary N) is 1. The molecule has 1 aromatic heterocycles. The minimum Gasteiger partial charge on any atom is -0.354 e. The molecule has 0 radical (unpaired) electrons. The molecular weight excluding hydrogens is 204 g/mol. The Hall–Kier alpha value is -1.36. The van der Waals surface area contributed by atoms with Crippen LogP contribution in [-0.4, -0.2) is 27.8 Å². The standard InChI is InChI=1S/C11H20N4O/c1-4-11(2,12)10(16)13-6-5-9-7-14-15(3)8-9/h7-8H,4-6,12H2,1-3H3,(H,13,16). The number of nitrogens with zero attached hydrogens (tertiary/aromatic N) is 2. The van der Waals surface area contributed by atoms with Crippen molar-refractivity contribution in [3.63, 3.8) is 0 Å². The van der Waals surface area contributed by atoms with E-state index in [1.54, 1.807) is 17.8 Å². The Kier molecular flexibility index (Phi) is 4.06. The molecule has 1 amide bonds. The molecule has 1 aromatic rings. The summed E-state index contributed by atoms with van der Waals surface area (Å²) in [7, 11) is 1.87. The second-order valence-corrected chi connectivity index (χ2v) is 4.30. The lowest BCUT2D eigenvalue weighted by Crippen LogP contribution is -2.51. The van der Waals surface area contributed by atoms with Crippen molar-refractivity contribution in [2.45, 2.75) is 32.2 Å². The summed E-state index contributed by atoms with van der Waals surface area (Å²) >= 11 is 0. The van der Waals surface area contributed by atoms with Gasteiger partial charge in [0, 0.05) is 19.8 Å². The lowest BCUT2D eigenvalue weighted by Gasteiger charge is -2.21. The lowest BCUT2D eigenvalue weighted by atomic mass is 9.99. The molecule has 0 aromatic carbocycles. The largest absolute Gasteiger partial charge is 0.354 e. The van der Waals surface area contributed by atoms with E-state index in [4.69, 9.17) is 5.73 Å². The van der Waals surface area contributed by atoms with Crippen molar-refractivity contribution in [1.82, 2.24) is 15.1 Å². The van der Waals surface area contributed by atoms with E-state index in [0.717, 1.165) is 12.0 Å². The zero-order valence-electron chi connectivity index (χ0n) is 10.2. The molecule has 0 fully saturated rings. The third-order valence-corrected chi connectivity index (χ3v) is 2.71. The number of rotatable bonds is 5. The Morgan fingerprint density at radius 2 is 2.38 bits per heavy atom. The first kappa shape index (κ1) is 12.7. The second kappa shape index (κ2) is 5.12. The summed E-state index contributed by atoms with van der Waals surface area (Å²) in [5.74, 6) is -0.0982. The first-order valence-electron chi connectivity index (χ1n) is 5.50. The highest BCUT2D eigenvalue weighted by Gasteiger charge is 2.25. The summed E-state index contributed by atoms with van der Waals surface area (Å²) in [5, 5.41) is 6.89. The van der Waals surface area contributed by atoms with E-state index in [1.807, 2.05) is 20.2 Å². The fourth-order valence-electron chi connectivity index (χ4n) is 1.28. The number of aromatic nitrogens is 2. The maximum atomic E-state index is 11.6. The van der Waals surface area contributed by atoms with Crippen LogP contribution in [0.15, 0.2) is 12.4 Å². The van der Waals surface area contributed by atoms with E-state index in [1.165, 1.54) is 0 Å². The van der Waals surface area contributed by atoms with Crippen LogP contribution in [0.25, 0.3) is 0 Å². The van der Waals surface area contributed by atoms with Crippen molar-refractivity contribution in [3.8, 4) is 0 Å². The lowest BCUT2D eigenvalue weighted by molar-refractivity contribution is -0.125. The Bertz CT molecular complexity index is 357. The van der Waals surface area contributed by atoms with Crippen LogP contribution < -0.4 is 11.1 Å². The van der Waals surface area contributed by atoms with Crippen molar-refractivity contribution < 1.29 is 4.79 Å². The van der Waals surface area contributed by atoms with E-state index in [9.17, 15) is 4.79 Å². The summed E-state index contributed by atoms with van der Waals surface area (Å²) < 4.78 is 1.75. The van der Waals surface area contributed by atoms with Crippen LogP contribution in [-0.2, 0) is 18.3 Å². The molecule has 0 aliphatic heterocycles. The van der Waals surface area contributed by atoms with Gasteiger partial charge in [-0.05, 0) is 25.3 Å². The van der Waals surface area contributed by atoms with Gasteiger partial charge in [0.05, 0.1) is 11.7 Å². The first-order valence-corrected chi connectivity index (χ1v) is 5.50. The molecule has 0 aliphatic rings. The van der Waals surface area contributed by atoms with Gasteiger partial charge < -0.3 is 11.1 Å². The first-order chi connectivity index (χ1) is 7.45. The van der Waals surface area contributed by atoms with Crippen molar-refractivity contribution >= 4 is 5.91 Å². The molecule has 5 heteroatoms. The van der Waals surface area contributed by atoms with Gasteiger partial charge in [0.15, 0.2) is 0 Å². The summed E-state index contributed by atoms with van der Waals surface area (Å²) in [5.41, 5.74) is 6.15. The second-order valence-electron chi connectivity index (χ2n) is 4.30. The van der Waals surface area contributed by atoms with Crippen molar-refractivity contribution in [2.24, 2.45) is 12.8 Å². The predicted octanol–water partition coefficient (Wildman–Crippen LogP) is 0.206. The number of carbonyl (C=O) groups is 1. The van der Waals surface area contributed by atoms with Crippen LogP contribution in [0.2, 0.25) is 0 Å². The minimum atomic E-state index is -0.769. The quantitative estimate of drug-likeness (QED) is 0.750. The molecule has 0 spiro atoms. The smallest absolute Gasteiger partial charge is 0.239 e. The van der Waals surface area contributed by atoms with Crippen molar-refractivity contribution in [2.75, 3.05) is 6.54 Å². The van der Waals surface area contributed by atoms with E-state index < -0.39 is 5.54 Å². The molecule has 90 valence electrons. The van der Waals surface area contributed by atoms with Gasteiger partial charge >= 0.3 is 0 Å². The number of hydrogen-bond donors (Lipinski definition) is 2. The van der Waals surface area contributed by atoms with Gasteiger partial charge in [-0.15, -0.1) is 0 Å². The average molecular weight is 224 g/mol. The van der Waals surface area contributed by atoms with Crippen LogP contribution >= 0.6 is 0 Å². The number of hydrogen-bond acceptors (Lipinski definition) is 3. The van der Waals surface area contributed by atoms with E-state index in [2.05, 4.69) is 10.4 Å². The van der Waals surface area contributed by atoms with Crippen LogP contribution in [0.5, 0.6) is 0 Å². The van der Waals surface area contributed by atoms with Crippen LogP contribution in [0.4, 0.5) is 0 Å². The molecule has 0 aliphatic carbocycles. The van der Waals surface area contributed by atoms with Crippen LogP contribution in [0.1, 0.15) is 25.8 Å². The zero-order chi connectivity index (χ0) is 12.2. The minimum absolute atomic E-state index is 0.0982. The molecule has 1 atom stereocenters. The van der Waals surface area contributed by atoms with Gasteiger partial charge in [0.1, 0.15) is 0 Å². The summed E-state index contributed by atoms with van der Waals surface area (Å²) in [4.78, 5) is 11.6. The molecule has 1 rings (SSSR count). The van der Waals surface area contributed by atoms with Gasteiger partial charge in [-0.1, -0.05) is 6.92 Å². The molecule has 3 N–H and O–H groups in total. The monoisotopic (exact) mass is 224 g/mol. The Morgan fingerprint density at radius 1 is 1.69 bits per heavy atom. The maximum Gasteiger partial charge on any atom is 0.239 e.